The Balaban J connectivity index is 0.000000217. The van der Waals surface area contributed by atoms with Crippen LogP contribution in [-0.4, -0.2) is 22.2 Å². The fraction of sp³-hybridized carbons (Fsp3) is 0. The van der Waals surface area contributed by atoms with Gasteiger partial charge < -0.3 is 10.2 Å². The highest BCUT2D eigenvalue weighted by atomic mass is 16.4. The van der Waals surface area contributed by atoms with Crippen LogP contribution in [0.1, 0.15) is 26.3 Å². The van der Waals surface area contributed by atoms with Gasteiger partial charge in [0.05, 0.1) is 11.1 Å². The molecule has 0 atom stereocenters. The molecule has 0 aliphatic carbocycles. The predicted octanol–water partition coefficient (Wildman–Crippen LogP) is 3.41. The third kappa shape index (κ3) is 4.78. The first kappa shape index (κ1) is 15.2. The van der Waals surface area contributed by atoms with Gasteiger partial charge in [-0.15, -0.1) is 0 Å². The minimum absolute atomic E-state index is 0.0833. The van der Waals surface area contributed by atoms with Crippen molar-refractivity contribution in [1.29, 1.82) is 0 Å². The van der Waals surface area contributed by atoms with Crippen LogP contribution in [0.2, 0.25) is 0 Å². The van der Waals surface area contributed by atoms with Crippen LogP contribution in [-0.2, 0) is 0 Å². The molecule has 0 aromatic heterocycles. The van der Waals surface area contributed by atoms with Crippen LogP contribution in [0.15, 0.2) is 61.2 Å². The molecule has 0 saturated heterocycles. The van der Waals surface area contributed by atoms with Crippen LogP contribution in [0.4, 0.5) is 0 Å². The normalized spacial score (nSPS) is 9.00. The van der Waals surface area contributed by atoms with E-state index < -0.39 is 11.9 Å². The standard InChI is InChI=1S/C8H6O4.C8H8/c9-7(10)5-1-2-6(4-3-5)8(11)12;1-2-8-6-4-3-5-7-8/h1-4H,(H,9,10)(H,11,12);2-7H,1H2. The number of carbonyl (C=O) groups is 2. The molecule has 0 amide bonds. The molecule has 0 aliphatic rings. The average molecular weight is 270 g/mol. The average Bonchev–Trinajstić information content (AvgIpc) is 2.48. The molecule has 0 spiro atoms. The second kappa shape index (κ2) is 7.53. The second-order valence-corrected chi connectivity index (χ2v) is 3.80. The number of carboxylic acid groups (broad SMARTS) is 2. The van der Waals surface area contributed by atoms with Gasteiger partial charge >= 0.3 is 11.9 Å². The van der Waals surface area contributed by atoms with Gasteiger partial charge in [-0.1, -0.05) is 43.0 Å². The maximum atomic E-state index is 10.3. The summed E-state index contributed by atoms with van der Waals surface area (Å²) in [5.41, 5.74) is 1.34. The molecule has 0 radical (unpaired) electrons. The van der Waals surface area contributed by atoms with Crippen molar-refractivity contribution in [2.75, 3.05) is 0 Å². The van der Waals surface area contributed by atoms with Gasteiger partial charge in [0.25, 0.3) is 0 Å². The summed E-state index contributed by atoms with van der Waals surface area (Å²) in [5.74, 6) is -2.13. The molecule has 0 bridgehead atoms. The third-order valence-electron chi connectivity index (χ3n) is 2.41. The molecule has 0 heterocycles. The molecule has 4 nitrogen and oxygen atoms in total. The monoisotopic (exact) mass is 270 g/mol. The Morgan fingerprint density at radius 3 is 1.45 bits per heavy atom. The lowest BCUT2D eigenvalue weighted by Gasteiger charge is -1.94. The van der Waals surface area contributed by atoms with E-state index in [1.807, 2.05) is 36.4 Å². The van der Waals surface area contributed by atoms with E-state index >= 15 is 0 Å². The van der Waals surface area contributed by atoms with Crippen molar-refractivity contribution in [2.24, 2.45) is 0 Å². The zero-order valence-corrected chi connectivity index (χ0v) is 10.7. The molecule has 2 aromatic carbocycles. The van der Waals surface area contributed by atoms with E-state index in [1.54, 1.807) is 0 Å². The summed E-state index contributed by atoms with van der Waals surface area (Å²) in [6.07, 6.45) is 1.83. The SMILES string of the molecule is C=Cc1ccccc1.O=C(O)c1ccc(C(=O)O)cc1. The topological polar surface area (TPSA) is 74.6 Å². The molecule has 2 rings (SSSR count). The van der Waals surface area contributed by atoms with Crippen LogP contribution in [0.3, 0.4) is 0 Å². The van der Waals surface area contributed by atoms with Crippen LogP contribution < -0.4 is 0 Å². The molecule has 2 aromatic rings. The summed E-state index contributed by atoms with van der Waals surface area (Å²) in [6.45, 7) is 3.63. The number of carboxylic acids is 2. The Kier molecular flexibility index (Phi) is 5.72. The third-order valence-corrected chi connectivity index (χ3v) is 2.41. The van der Waals surface area contributed by atoms with Crippen molar-refractivity contribution in [3.8, 4) is 0 Å². The molecule has 20 heavy (non-hydrogen) atoms. The maximum absolute atomic E-state index is 10.3. The van der Waals surface area contributed by atoms with Crippen molar-refractivity contribution in [2.45, 2.75) is 0 Å². The van der Waals surface area contributed by atoms with Gasteiger partial charge in [-0.25, -0.2) is 9.59 Å². The van der Waals surface area contributed by atoms with Gasteiger partial charge in [0.15, 0.2) is 0 Å². The molecule has 0 unspecified atom stereocenters. The van der Waals surface area contributed by atoms with E-state index in [2.05, 4.69) is 6.58 Å². The highest BCUT2D eigenvalue weighted by molar-refractivity contribution is 5.91. The highest BCUT2D eigenvalue weighted by Gasteiger charge is 2.04. The molecular weight excluding hydrogens is 256 g/mol. The quantitative estimate of drug-likeness (QED) is 0.896. The van der Waals surface area contributed by atoms with Crippen LogP contribution in [0, 0.1) is 0 Å². The van der Waals surface area contributed by atoms with E-state index in [9.17, 15) is 9.59 Å². The minimum atomic E-state index is -1.06. The number of hydrogen-bond acceptors (Lipinski definition) is 2. The lowest BCUT2D eigenvalue weighted by molar-refractivity contribution is 0.0681. The van der Waals surface area contributed by atoms with E-state index in [4.69, 9.17) is 10.2 Å². The summed E-state index contributed by atoms with van der Waals surface area (Å²) in [6, 6.07) is 15.1. The molecule has 0 fully saturated rings. The molecular formula is C16H14O4. The van der Waals surface area contributed by atoms with Crippen molar-refractivity contribution >= 4 is 18.0 Å². The Morgan fingerprint density at radius 2 is 1.20 bits per heavy atom. The largest absolute Gasteiger partial charge is 0.478 e. The van der Waals surface area contributed by atoms with Gasteiger partial charge in [0.2, 0.25) is 0 Å². The molecule has 102 valence electrons. The minimum Gasteiger partial charge on any atom is -0.478 e. The smallest absolute Gasteiger partial charge is 0.335 e. The Labute approximate surface area is 116 Å². The summed E-state index contributed by atoms with van der Waals surface area (Å²) in [5, 5.41) is 16.9. The van der Waals surface area contributed by atoms with Gasteiger partial charge in [-0.3, -0.25) is 0 Å². The van der Waals surface area contributed by atoms with E-state index in [0.717, 1.165) is 0 Å². The Hall–Kier alpha value is -2.88. The molecule has 0 aliphatic heterocycles. The molecule has 2 N–H and O–H groups in total. The summed E-state index contributed by atoms with van der Waals surface area (Å²) in [7, 11) is 0. The van der Waals surface area contributed by atoms with Gasteiger partial charge in [-0.2, -0.15) is 0 Å². The number of aromatic carboxylic acids is 2. The Bertz CT molecular complexity index is 553. The fourth-order valence-corrected chi connectivity index (χ4v) is 1.34. The van der Waals surface area contributed by atoms with Crippen molar-refractivity contribution in [1.82, 2.24) is 0 Å². The molecule has 4 heteroatoms. The first-order chi connectivity index (χ1) is 9.54. The van der Waals surface area contributed by atoms with E-state index in [1.165, 1.54) is 29.8 Å². The second-order valence-electron chi connectivity index (χ2n) is 3.80. The van der Waals surface area contributed by atoms with E-state index in [-0.39, 0.29) is 11.1 Å². The summed E-state index contributed by atoms with van der Waals surface area (Å²) in [4.78, 5) is 20.7. The maximum Gasteiger partial charge on any atom is 0.335 e. The zero-order valence-electron chi connectivity index (χ0n) is 10.7. The number of benzene rings is 2. The lowest BCUT2D eigenvalue weighted by atomic mass is 10.1. The highest BCUT2D eigenvalue weighted by Crippen LogP contribution is 2.03. The van der Waals surface area contributed by atoms with Gasteiger partial charge in [-0.05, 0) is 29.8 Å². The first-order valence-corrected chi connectivity index (χ1v) is 5.78. The zero-order chi connectivity index (χ0) is 15.0. The van der Waals surface area contributed by atoms with Crippen molar-refractivity contribution < 1.29 is 19.8 Å². The van der Waals surface area contributed by atoms with Gasteiger partial charge in [0.1, 0.15) is 0 Å². The number of rotatable bonds is 3. The van der Waals surface area contributed by atoms with Gasteiger partial charge in [0, 0.05) is 0 Å². The van der Waals surface area contributed by atoms with Crippen LogP contribution in [0.25, 0.3) is 6.08 Å². The summed E-state index contributed by atoms with van der Waals surface area (Å²) < 4.78 is 0. The van der Waals surface area contributed by atoms with Crippen LogP contribution in [0.5, 0.6) is 0 Å². The summed E-state index contributed by atoms with van der Waals surface area (Å²) >= 11 is 0. The number of hydrogen-bond donors (Lipinski definition) is 2. The first-order valence-electron chi connectivity index (χ1n) is 5.78. The van der Waals surface area contributed by atoms with Crippen molar-refractivity contribution in [3.05, 3.63) is 77.9 Å². The Morgan fingerprint density at radius 1 is 0.800 bits per heavy atom. The predicted molar refractivity (Wildman–Crippen MR) is 76.9 cm³/mol. The fourth-order valence-electron chi connectivity index (χ4n) is 1.34. The van der Waals surface area contributed by atoms with Crippen LogP contribution >= 0.6 is 0 Å². The van der Waals surface area contributed by atoms with E-state index in [0.29, 0.717) is 0 Å². The van der Waals surface area contributed by atoms with Crippen molar-refractivity contribution in [3.63, 3.8) is 0 Å². The molecule has 0 saturated carbocycles. The lowest BCUT2D eigenvalue weighted by Crippen LogP contribution is -1.99.